The van der Waals surface area contributed by atoms with Gasteiger partial charge in [0, 0.05) is 11.8 Å². The molecule has 0 aliphatic carbocycles. The van der Waals surface area contributed by atoms with E-state index in [0.717, 1.165) is 33.5 Å². The first kappa shape index (κ1) is 14.0. The lowest BCUT2D eigenvalue weighted by Crippen LogP contribution is -1.88. The molecule has 0 spiro atoms. The number of halogens is 1. The molecule has 0 amide bonds. The zero-order chi connectivity index (χ0) is 15.8. The van der Waals surface area contributed by atoms with Crippen molar-refractivity contribution >= 4 is 22.6 Å². The molecule has 0 radical (unpaired) electrons. The van der Waals surface area contributed by atoms with E-state index in [1.807, 2.05) is 36.4 Å². The maximum absolute atomic E-state index is 6.31. The summed E-state index contributed by atoms with van der Waals surface area (Å²) in [5, 5.41) is 0.445. The van der Waals surface area contributed by atoms with E-state index in [9.17, 15) is 0 Å². The monoisotopic (exact) mass is 319 g/mol. The Kier molecular flexibility index (Phi) is 3.36. The summed E-state index contributed by atoms with van der Waals surface area (Å²) >= 11 is 6.31. The van der Waals surface area contributed by atoms with Crippen molar-refractivity contribution < 1.29 is 0 Å². The van der Waals surface area contributed by atoms with Gasteiger partial charge in [-0.05, 0) is 36.2 Å². The van der Waals surface area contributed by atoms with Gasteiger partial charge in [-0.3, -0.25) is 0 Å². The van der Waals surface area contributed by atoms with Gasteiger partial charge in [0.05, 0.1) is 16.6 Å². The fourth-order valence-corrected chi connectivity index (χ4v) is 2.85. The second kappa shape index (κ2) is 5.52. The second-order valence-corrected chi connectivity index (χ2v) is 5.89. The molecule has 0 saturated carbocycles. The highest BCUT2D eigenvalue weighted by molar-refractivity contribution is 6.32. The molecule has 3 nitrogen and oxygen atoms in total. The summed E-state index contributed by atoms with van der Waals surface area (Å²) in [6, 6.07) is 18.3. The lowest BCUT2D eigenvalue weighted by atomic mass is 10.1. The predicted molar refractivity (Wildman–Crippen MR) is 94.5 cm³/mol. The molecule has 0 bridgehead atoms. The SMILES string of the molecule is Cc1ccc2nc(-c3cc(-c4ccccc4)cnc3Cl)[nH]c2c1. The van der Waals surface area contributed by atoms with Crippen LogP contribution in [0.5, 0.6) is 0 Å². The van der Waals surface area contributed by atoms with Crippen LogP contribution in [0.25, 0.3) is 33.5 Å². The minimum atomic E-state index is 0.445. The van der Waals surface area contributed by atoms with Crippen LogP contribution >= 0.6 is 11.6 Å². The molecule has 2 heterocycles. The average molecular weight is 320 g/mol. The first-order valence-corrected chi connectivity index (χ1v) is 7.76. The maximum atomic E-state index is 6.31. The molecule has 4 rings (SSSR count). The van der Waals surface area contributed by atoms with Gasteiger partial charge in [-0.25, -0.2) is 9.97 Å². The average Bonchev–Trinajstić information content (AvgIpc) is 2.99. The number of H-pyrrole nitrogens is 1. The molecule has 0 aliphatic heterocycles. The predicted octanol–water partition coefficient (Wildman–Crippen LogP) is 5.25. The molecule has 4 heteroatoms. The molecular formula is C19H14ClN3. The Morgan fingerprint density at radius 3 is 2.61 bits per heavy atom. The van der Waals surface area contributed by atoms with Crippen molar-refractivity contribution in [1.29, 1.82) is 0 Å². The zero-order valence-electron chi connectivity index (χ0n) is 12.5. The summed E-state index contributed by atoms with van der Waals surface area (Å²) in [6.45, 7) is 2.06. The number of aryl methyl sites for hydroxylation is 1. The molecule has 23 heavy (non-hydrogen) atoms. The topological polar surface area (TPSA) is 41.6 Å². The standard InChI is InChI=1S/C19H14ClN3/c1-12-7-8-16-17(9-12)23-19(22-16)15-10-14(11-21-18(15)20)13-5-3-2-4-6-13/h2-11H,1H3,(H,22,23). The van der Waals surface area contributed by atoms with Crippen LogP contribution in [0.1, 0.15) is 5.56 Å². The molecule has 0 unspecified atom stereocenters. The van der Waals surface area contributed by atoms with E-state index in [0.29, 0.717) is 5.15 Å². The molecule has 0 fully saturated rings. The van der Waals surface area contributed by atoms with Gasteiger partial charge in [-0.2, -0.15) is 0 Å². The number of benzene rings is 2. The van der Waals surface area contributed by atoms with Crippen LogP contribution in [0.3, 0.4) is 0 Å². The van der Waals surface area contributed by atoms with Gasteiger partial charge in [0.15, 0.2) is 0 Å². The van der Waals surface area contributed by atoms with E-state index in [2.05, 4.69) is 40.1 Å². The van der Waals surface area contributed by atoms with Crippen LogP contribution in [-0.2, 0) is 0 Å². The highest BCUT2D eigenvalue weighted by Gasteiger charge is 2.12. The number of hydrogen-bond acceptors (Lipinski definition) is 2. The molecule has 0 atom stereocenters. The number of aromatic amines is 1. The lowest BCUT2D eigenvalue weighted by molar-refractivity contribution is 1.27. The summed E-state index contributed by atoms with van der Waals surface area (Å²) in [6.07, 6.45) is 1.79. The first-order valence-electron chi connectivity index (χ1n) is 7.38. The number of hydrogen-bond donors (Lipinski definition) is 1. The summed E-state index contributed by atoms with van der Waals surface area (Å²) in [4.78, 5) is 12.3. The van der Waals surface area contributed by atoms with Crippen LogP contribution in [-0.4, -0.2) is 15.0 Å². The fraction of sp³-hybridized carbons (Fsp3) is 0.0526. The third kappa shape index (κ3) is 2.60. The minimum Gasteiger partial charge on any atom is -0.338 e. The second-order valence-electron chi connectivity index (χ2n) is 5.53. The van der Waals surface area contributed by atoms with Gasteiger partial charge < -0.3 is 4.98 Å². The molecule has 0 aliphatic rings. The number of aromatic nitrogens is 3. The number of rotatable bonds is 2. The van der Waals surface area contributed by atoms with Crippen molar-refractivity contribution in [2.45, 2.75) is 6.92 Å². The van der Waals surface area contributed by atoms with E-state index >= 15 is 0 Å². The number of nitrogens with zero attached hydrogens (tertiary/aromatic N) is 2. The van der Waals surface area contributed by atoms with Gasteiger partial charge in [0.25, 0.3) is 0 Å². The number of fused-ring (bicyclic) bond motifs is 1. The smallest absolute Gasteiger partial charge is 0.141 e. The highest BCUT2D eigenvalue weighted by Crippen LogP contribution is 2.30. The quantitative estimate of drug-likeness (QED) is 0.512. The fourth-order valence-electron chi connectivity index (χ4n) is 2.65. The number of nitrogens with one attached hydrogen (secondary N) is 1. The van der Waals surface area contributed by atoms with E-state index in [4.69, 9.17) is 11.6 Å². The van der Waals surface area contributed by atoms with E-state index in [1.54, 1.807) is 6.20 Å². The van der Waals surface area contributed by atoms with Gasteiger partial charge in [-0.15, -0.1) is 0 Å². The molecule has 112 valence electrons. The Bertz CT molecular complexity index is 990. The Morgan fingerprint density at radius 2 is 1.78 bits per heavy atom. The highest BCUT2D eigenvalue weighted by atomic mass is 35.5. The van der Waals surface area contributed by atoms with E-state index in [1.165, 1.54) is 5.56 Å². The summed E-state index contributed by atoms with van der Waals surface area (Å²) in [5.74, 6) is 0.737. The summed E-state index contributed by atoms with van der Waals surface area (Å²) in [5.41, 5.74) is 6.04. The summed E-state index contributed by atoms with van der Waals surface area (Å²) < 4.78 is 0. The molecule has 2 aromatic carbocycles. The molecule has 0 saturated heterocycles. The van der Waals surface area contributed by atoms with E-state index in [-0.39, 0.29) is 0 Å². The van der Waals surface area contributed by atoms with E-state index < -0.39 is 0 Å². The van der Waals surface area contributed by atoms with Crippen molar-refractivity contribution in [2.75, 3.05) is 0 Å². The van der Waals surface area contributed by atoms with Crippen LogP contribution < -0.4 is 0 Å². The van der Waals surface area contributed by atoms with Crippen molar-refractivity contribution in [3.05, 3.63) is 71.5 Å². The third-order valence-electron chi connectivity index (χ3n) is 3.84. The first-order chi connectivity index (χ1) is 11.2. The molecular weight excluding hydrogens is 306 g/mol. The van der Waals surface area contributed by atoms with Crippen LogP contribution in [0, 0.1) is 6.92 Å². The Balaban J connectivity index is 1.86. The van der Waals surface area contributed by atoms with Crippen LogP contribution in [0.2, 0.25) is 5.15 Å². The Labute approximate surface area is 139 Å². The van der Waals surface area contributed by atoms with Crippen LogP contribution in [0.15, 0.2) is 60.8 Å². The van der Waals surface area contributed by atoms with Crippen molar-refractivity contribution in [1.82, 2.24) is 15.0 Å². The third-order valence-corrected chi connectivity index (χ3v) is 4.14. The normalized spacial score (nSPS) is 11.0. The zero-order valence-corrected chi connectivity index (χ0v) is 13.3. The maximum Gasteiger partial charge on any atom is 0.141 e. The molecule has 4 aromatic rings. The van der Waals surface area contributed by atoms with Gasteiger partial charge in [0.1, 0.15) is 11.0 Å². The Hall–Kier alpha value is -2.65. The largest absolute Gasteiger partial charge is 0.338 e. The minimum absolute atomic E-state index is 0.445. The van der Waals surface area contributed by atoms with Crippen molar-refractivity contribution in [3.63, 3.8) is 0 Å². The molecule has 1 N–H and O–H groups in total. The molecule has 2 aromatic heterocycles. The lowest BCUT2D eigenvalue weighted by Gasteiger charge is -2.05. The number of pyridine rings is 1. The van der Waals surface area contributed by atoms with Crippen molar-refractivity contribution in [2.24, 2.45) is 0 Å². The Morgan fingerprint density at radius 1 is 0.957 bits per heavy atom. The van der Waals surface area contributed by atoms with Gasteiger partial charge >= 0.3 is 0 Å². The van der Waals surface area contributed by atoms with Gasteiger partial charge in [0.2, 0.25) is 0 Å². The number of imidazole rings is 1. The van der Waals surface area contributed by atoms with Gasteiger partial charge in [-0.1, -0.05) is 48.0 Å². The van der Waals surface area contributed by atoms with Crippen LogP contribution in [0.4, 0.5) is 0 Å². The summed E-state index contributed by atoms with van der Waals surface area (Å²) in [7, 11) is 0. The van der Waals surface area contributed by atoms with Crippen molar-refractivity contribution in [3.8, 4) is 22.5 Å².